The third-order valence-corrected chi connectivity index (χ3v) is 4.04. The molecule has 2 unspecified atom stereocenters. The van der Waals surface area contributed by atoms with E-state index in [0.717, 1.165) is 22.3 Å². The van der Waals surface area contributed by atoms with E-state index in [2.05, 4.69) is 24.4 Å². The Labute approximate surface area is 115 Å². The van der Waals surface area contributed by atoms with Crippen molar-refractivity contribution in [1.82, 2.24) is 0 Å². The zero-order chi connectivity index (χ0) is 13.1. The predicted molar refractivity (Wildman–Crippen MR) is 80.8 cm³/mol. The van der Waals surface area contributed by atoms with E-state index in [0.29, 0.717) is 6.04 Å². The predicted octanol–water partition coefficient (Wildman–Crippen LogP) is 4.40. The molecule has 2 nitrogen and oxygen atoms in total. The molecular formula is C15H23ClN2. The molecule has 0 aromatic heterocycles. The van der Waals surface area contributed by atoms with Crippen molar-refractivity contribution < 1.29 is 0 Å². The maximum Gasteiger partial charge on any atom is 0.0659 e. The number of rotatable bonds is 3. The standard InChI is InChI=1S/C15H23ClN2/c1-11-5-4-6-12(9-11)17-13-7-8-15(18(2)3)14(16)10-13/h7-8,10-12,17H,4-6,9H2,1-3H3. The highest BCUT2D eigenvalue weighted by Gasteiger charge is 2.18. The molecule has 100 valence electrons. The van der Waals surface area contributed by atoms with Gasteiger partial charge in [0.05, 0.1) is 10.7 Å². The van der Waals surface area contributed by atoms with Crippen LogP contribution in [0.5, 0.6) is 0 Å². The van der Waals surface area contributed by atoms with Crippen LogP contribution in [0.4, 0.5) is 11.4 Å². The van der Waals surface area contributed by atoms with Gasteiger partial charge in [0.2, 0.25) is 0 Å². The maximum atomic E-state index is 6.29. The molecule has 1 aliphatic rings. The Morgan fingerprint density at radius 2 is 2.06 bits per heavy atom. The molecule has 0 bridgehead atoms. The summed E-state index contributed by atoms with van der Waals surface area (Å²) in [6.07, 6.45) is 5.26. The first-order valence-corrected chi connectivity index (χ1v) is 7.17. The quantitative estimate of drug-likeness (QED) is 0.873. The summed E-state index contributed by atoms with van der Waals surface area (Å²) in [5.41, 5.74) is 2.21. The molecule has 0 amide bonds. The normalized spacial score (nSPS) is 23.8. The van der Waals surface area contributed by atoms with E-state index >= 15 is 0 Å². The Bertz CT molecular complexity index is 403. The fourth-order valence-corrected chi connectivity index (χ4v) is 3.11. The Hall–Kier alpha value is -0.890. The average Bonchev–Trinajstić information content (AvgIpc) is 2.28. The van der Waals surface area contributed by atoms with Gasteiger partial charge in [-0.25, -0.2) is 0 Å². The minimum atomic E-state index is 0.607. The number of hydrogen-bond donors (Lipinski definition) is 1. The number of hydrogen-bond acceptors (Lipinski definition) is 2. The average molecular weight is 267 g/mol. The fraction of sp³-hybridized carbons (Fsp3) is 0.600. The number of anilines is 2. The third-order valence-electron chi connectivity index (χ3n) is 3.74. The van der Waals surface area contributed by atoms with Crippen LogP contribution in [0.3, 0.4) is 0 Å². The Balaban J connectivity index is 2.03. The molecule has 1 saturated carbocycles. The van der Waals surface area contributed by atoms with E-state index in [4.69, 9.17) is 11.6 Å². The summed E-state index contributed by atoms with van der Waals surface area (Å²) in [5, 5.41) is 4.43. The molecule has 3 heteroatoms. The van der Waals surface area contributed by atoms with E-state index in [-0.39, 0.29) is 0 Å². The number of halogens is 1. The molecule has 1 fully saturated rings. The highest BCUT2D eigenvalue weighted by atomic mass is 35.5. The third kappa shape index (κ3) is 3.32. The molecule has 1 aliphatic carbocycles. The molecule has 1 aromatic carbocycles. The van der Waals surface area contributed by atoms with Crippen molar-refractivity contribution >= 4 is 23.0 Å². The van der Waals surface area contributed by atoms with Gasteiger partial charge in [0, 0.05) is 25.8 Å². The van der Waals surface area contributed by atoms with Crippen molar-refractivity contribution in [3.63, 3.8) is 0 Å². The van der Waals surface area contributed by atoms with Gasteiger partial charge >= 0.3 is 0 Å². The summed E-state index contributed by atoms with van der Waals surface area (Å²) in [6, 6.07) is 6.85. The first kappa shape index (κ1) is 13.5. The lowest BCUT2D eigenvalue weighted by Crippen LogP contribution is -2.26. The first-order valence-electron chi connectivity index (χ1n) is 6.79. The van der Waals surface area contributed by atoms with Crippen LogP contribution < -0.4 is 10.2 Å². The topological polar surface area (TPSA) is 15.3 Å². The van der Waals surface area contributed by atoms with E-state index in [1.807, 2.05) is 25.1 Å². The zero-order valence-corrected chi connectivity index (χ0v) is 12.3. The van der Waals surface area contributed by atoms with Crippen LogP contribution in [-0.4, -0.2) is 20.1 Å². The van der Waals surface area contributed by atoms with Gasteiger partial charge in [-0.1, -0.05) is 31.4 Å². The van der Waals surface area contributed by atoms with Gasteiger partial charge in [-0.2, -0.15) is 0 Å². The lowest BCUT2D eigenvalue weighted by molar-refractivity contribution is 0.358. The zero-order valence-electron chi connectivity index (χ0n) is 11.5. The van der Waals surface area contributed by atoms with Crippen LogP contribution in [0, 0.1) is 5.92 Å². The van der Waals surface area contributed by atoms with Gasteiger partial charge in [0.15, 0.2) is 0 Å². The molecule has 1 aromatic rings. The number of benzene rings is 1. The molecular weight excluding hydrogens is 244 g/mol. The van der Waals surface area contributed by atoms with Gasteiger partial charge in [-0.3, -0.25) is 0 Å². The van der Waals surface area contributed by atoms with Crippen LogP contribution in [-0.2, 0) is 0 Å². The second-order valence-corrected chi connectivity index (χ2v) is 6.08. The monoisotopic (exact) mass is 266 g/mol. The summed E-state index contributed by atoms with van der Waals surface area (Å²) in [6.45, 7) is 2.34. The van der Waals surface area contributed by atoms with E-state index in [1.54, 1.807) is 0 Å². The highest BCUT2D eigenvalue weighted by Crippen LogP contribution is 2.30. The van der Waals surface area contributed by atoms with Gasteiger partial charge in [-0.05, 0) is 37.0 Å². The number of nitrogens with zero attached hydrogens (tertiary/aromatic N) is 1. The maximum absolute atomic E-state index is 6.29. The van der Waals surface area contributed by atoms with Crippen molar-refractivity contribution in [2.75, 3.05) is 24.3 Å². The van der Waals surface area contributed by atoms with Crippen LogP contribution in [0.1, 0.15) is 32.6 Å². The highest BCUT2D eigenvalue weighted by molar-refractivity contribution is 6.33. The van der Waals surface area contributed by atoms with Crippen molar-refractivity contribution in [2.24, 2.45) is 5.92 Å². The first-order chi connectivity index (χ1) is 8.56. The van der Waals surface area contributed by atoms with Crippen molar-refractivity contribution in [1.29, 1.82) is 0 Å². The van der Waals surface area contributed by atoms with E-state index in [9.17, 15) is 0 Å². The Morgan fingerprint density at radius 3 is 2.67 bits per heavy atom. The second-order valence-electron chi connectivity index (χ2n) is 5.67. The Morgan fingerprint density at radius 1 is 1.28 bits per heavy atom. The molecule has 0 heterocycles. The molecule has 2 atom stereocenters. The van der Waals surface area contributed by atoms with Crippen LogP contribution in [0.25, 0.3) is 0 Å². The van der Waals surface area contributed by atoms with Crippen LogP contribution in [0.15, 0.2) is 18.2 Å². The van der Waals surface area contributed by atoms with Gasteiger partial charge < -0.3 is 10.2 Å². The van der Waals surface area contributed by atoms with Crippen LogP contribution in [0.2, 0.25) is 5.02 Å². The summed E-state index contributed by atoms with van der Waals surface area (Å²) < 4.78 is 0. The SMILES string of the molecule is CC1CCCC(Nc2ccc(N(C)C)c(Cl)c2)C1. The van der Waals surface area contributed by atoms with Crippen molar-refractivity contribution in [3.05, 3.63) is 23.2 Å². The molecule has 0 spiro atoms. The van der Waals surface area contributed by atoms with Crippen LogP contribution >= 0.6 is 11.6 Å². The number of nitrogens with one attached hydrogen (secondary N) is 1. The summed E-state index contributed by atoms with van der Waals surface area (Å²) >= 11 is 6.29. The summed E-state index contributed by atoms with van der Waals surface area (Å²) in [7, 11) is 4.02. The molecule has 1 N–H and O–H groups in total. The minimum absolute atomic E-state index is 0.607. The smallest absolute Gasteiger partial charge is 0.0659 e. The lowest BCUT2D eigenvalue weighted by Gasteiger charge is -2.28. The molecule has 2 rings (SSSR count). The van der Waals surface area contributed by atoms with Gasteiger partial charge in [0.1, 0.15) is 0 Å². The Kier molecular flexibility index (Phi) is 4.39. The lowest BCUT2D eigenvalue weighted by atomic mass is 9.87. The molecule has 18 heavy (non-hydrogen) atoms. The van der Waals surface area contributed by atoms with Gasteiger partial charge in [-0.15, -0.1) is 0 Å². The molecule has 0 radical (unpaired) electrons. The summed E-state index contributed by atoms with van der Waals surface area (Å²) in [4.78, 5) is 2.04. The molecule has 0 saturated heterocycles. The van der Waals surface area contributed by atoms with Crippen molar-refractivity contribution in [3.8, 4) is 0 Å². The van der Waals surface area contributed by atoms with E-state index in [1.165, 1.54) is 25.7 Å². The molecule has 0 aliphatic heterocycles. The summed E-state index contributed by atoms with van der Waals surface area (Å²) in [5.74, 6) is 0.841. The minimum Gasteiger partial charge on any atom is -0.382 e. The van der Waals surface area contributed by atoms with Gasteiger partial charge in [0.25, 0.3) is 0 Å². The van der Waals surface area contributed by atoms with Crippen molar-refractivity contribution in [2.45, 2.75) is 38.6 Å². The largest absolute Gasteiger partial charge is 0.382 e. The second kappa shape index (κ2) is 5.83. The van der Waals surface area contributed by atoms with E-state index < -0.39 is 0 Å². The fourth-order valence-electron chi connectivity index (χ4n) is 2.76.